The predicted octanol–water partition coefficient (Wildman–Crippen LogP) is 9.24. The first-order chi connectivity index (χ1) is 16.6. The number of fused-ring (bicyclic) bond motifs is 5. The van der Waals surface area contributed by atoms with Crippen molar-refractivity contribution in [2.75, 3.05) is 0 Å². The Balaban J connectivity index is 1.65. The molecule has 0 fully saturated rings. The van der Waals surface area contributed by atoms with E-state index in [0.29, 0.717) is 0 Å². The molecule has 0 aliphatic carbocycles. The van der Waals surface area contributed by atoms with Crippen LogP contribution in [0.2, 0.25) is 0 Å². The summed E-state index contributed by atoms with van der Waals surface area (Å²) in [7, 11) is 0. The Kier molecular flexibility index (Phi) is 5.02. The molecule has 0 N–H and O–H groups in total. The van der Waals surface area contributed by atoms with Crippen LogP contribution in [0.3, 0.4) is 0 Å². The zero-order valence-corrected chi connectivity index (χ0v) is 22.3. The largest absolute Gasteiger partial charge is 0.256 e. The standard InChI is InChI=1S/C32H32N2S/c1-31(2,3)17-19-9-10-20-15-27-28-22(23(20)14-19)11-13-34-29(28)24-16-26-21(8-7-12-33-26)25(30(24)35-27)18-32(4,5)6/h7-16H,17-18H2,1-6H3. The van der Waals surface area contributed by atoms with Crippen molar-refractivity contribution in [1.29, 1.82) is 0 Å². The van der Waals surface area contributed by atoms with Crippen LogP contribution in [0.5, 0.6) is 0 Å². The molecule has 0 radical (unpaired) electrons. The molecule has 6 rings (SSSR count). The lowest BCUT2D eigenvalue weighted by Crippen LogP contribution is -2.12. The molecular formula is C32H32N2S. The van der Waals surface area contributed by atoms with E-state index in [1.165, 1.54) is 53.4 Å². The highest BCUT2D eigenvalue weighted by atomic mass is 32.2. The Morgan fingerprint density at radius 2 is 1.54 bits per heavy atom. The lowest BCUT2D eigenvalue weighted by atomic mass is 9.85. The van der Waals surface area contributed by atoms with Gasteiger partial charge in [0, 0.05) is 38.5 Å². The Morgan fingerprint density at radius 3 is 2.31 bits per heavy atom. The van der Waals surface area contributed by atoms with Crippen molar-refractivity contribution in [3.05, 3.63) is 72.1 Å². The summed E-state index contributed by atoms with van der Waals surface area (Å²) in [5.74, 6) is 0. The monoisotopic (exact) mass is 476 g/mol. The fraction of sp³-hybridized carbons (Fsp3) is 0.312. The second-order valence-electron chi connectivity index (χ2n) is 12.4. The average Bonchev–Trinajstić information content (AvgIpc) is 2.78. The summed E-state index contributed by atoms with van der Waals surface area (Å²) in [5.41, 5.74) is 6.60. The zero-order chi connectivity index (χ0) is 24.5. The number of rotatable bonds is 2. The quantitative estimate of drug-likeness (QED) is 0.233. The Hall–Kier alpha value is -2.91. The Labute approximate surface area is 212 Å². The van der Waals surface area contributed by atoms with E-state index >= 15 is 0 Å². The van der Waals surface area contributed by atoms with Gasteiger partial charge in [-0.15, -0.1) is 0 Å². The number of benzene rings is 3. The summed E-state index contributed by atoms with van der Waals surface area (Å²) >= 11 is 1.92. The molecule has 3 heterocycles. The molecule has 5 aromatic rings. The molecule has 1 aliphatic heterocycles. The van der Waals surface area contributed by atoms with E-state index < -0.39 is 0 Å². The lowest BCUT2D eigenvalue weighted by Gasteiger charge is -2.27. The fourth-order valence-corrected chi connectivity index (χ4v) is 6.79. The normalized spacial score (nSPS) is 13.5. The molecule has 0 saturated heterocycles. The van der Waals surface area contributed by atoms with Crippen molar-refractivity contribution in [2.24, 2.45) is 10.8 Å². The summed E-state index contributed by atoms with van der Waals surface area (Å²) in [6.45, 7) is 13.9. The van der Waals surface area contributed by atoms with Gasteiger partial charge in [-0.1, -0.05) is 77.6 Å². The average molecular weight is 477 g/mol. The van der Waals surface area contributed by atoms with Crippen LogP contribution in [0.25, 0.3) is 43.7 Å². The first kappa shape index (κ1) is 22.5. The highest BCUT2D eigenvalue weighted by Gasteiger charge is 2.27. The molecule has 0 unspecified atom stereocenters. The Morgan fingerprint density at radius 1 is 0.743 bits per heavy atom. The zero-order valence-electron chi connectivity index (χ0n) is 21.5. The molecule has 176 valence electrons. The SMILES string of the molecule is CC(C)(C)Cc1ccc2cc3c4c(nccc4c2c1)-c1cc2ncccc2c(CC(C)(C)C)c1S3. The topological polar surface area (TPSA) is 25.8 Å². The fourth-order valence-electron chi connectivity index (χ4n) is 5.50. The molecule has 3 aromatic carbocycles. The van der Waals surface area contributed by atoms with Gasteiger partial charge in [-0.25, -0.2) is 0 Å². The van der Waals surface area contributed by atoms with E-state index in [9.17, 15) is 0 Å². The van der Waals surface area contributed by atoms with Gasteiger partial charge in [0.15, 0.2) is 0 Å². The van der Waals surface area contributed by atoms with E-state index in [2.05, 4.69) is 90.1 Å². The maximum Gasteiger partial charge on any atom is 0.0804 e. The molecule has 35 heavy (non-hydrogen) atoms. The van der Waals surface area contributed by atoms with Gasteiger partial charge in [0.25, 0.3) is 0 Å². The third kappa shape index (κ3) is 4.00. The van der Waals surface area contributed by atoms with E-state index in [4.69, 9.17) is 9.97 Å². The molecule has 0 amide bonds. The van der Waals surface area contributed by atoms with Crippen molar-refractivity contribution in [2.45, 2.75) is 64.2 Å². The van der Waals surface area contributed by atoms with E-state index in [1.807, 2.05) is 24.2 Å². The number of aromatic nitrogens is 2. The summed E-state index contributed by atoms with van der Waals surface area (Å²) in [4.78, 5) is 12.4. The van der Waals surface area contributed by atoms with Crippen molar-refractivity contribution in [3.8, 4) is 11.3 Å². The van der Waals surface area contributed by atoms with Crippen LogP contribution >= 0.6 is 11.8 Å². The highest BCUT2D eigenvalue weighted by Crippen LogP contribution is 2.52. The maximum absolute atomic E-state index is 4.97. The third-order valence-corrected chi connectivity index (χ3v) is 7.98. The minimum atomic E-state index is 0.172. The minimum absolute atomic E-state index is 0.172. The van der Waals surface area contributed by atoms with E-state index in [-0.39, 0.29) is 10.8 Å². The molecular weight excluding hydrogens is 444 g/mol. The minimum Gasteiger partial charge on any atom is -0.256 e. The molecule has 2 nitrogen and oxygen atoms in total. The third-order valence-electron chi connectivity index (χ3n) is 6.76. The van der Waals surface area contributed by atoms with E-state index in [1.54, 1.807) is 0 Å². The number of hydrogen-bond acceptors (Lipinski definition) is 3. The van der Waals surface area contributed by atoms with Gasteiger partial charge < -0.3 is 0 Å². The molecule has 0 spiro atoms. The van der Waals surface area contributed by atoms with Crippen molar-refractivity contribution < 1.29 is 0 Å². The number of hydrogen-bond donors (Lipinski definition) is 0. The van der Waals surface area contributed by atoms with Crippen molar-refractivity contribution >= 4 is 44.2 Å². The first-order valence-corrected chi connectivity index (χ1v) is 13.3. The van der Waals surface area contributed by atoms with Gasteiger partial charge in [-0.2, -0.15) is 0 Å². The summed E-state index contributed by atoms with van der Waals surface area (Å²) in [5, 5.41) is 6.47. The summed E-state index contributed by atoms with van der Waals surface area (Å²) in [6.07, 6.45) is 5.96. The lowest BCUT2D eigenvalue weighted by molar-refractivity contribution is 0.410. The van der Waals surface area contributed by atoms with Crippen molar-refractivity contribution in [3.63, 3.8) is 0 Å². The molecule has 0 saturated carbocycles. The van der Waals surface area contributed by atoms with Gasteiger partial charge in [0.05, 0.1) is 11.2 Å². The van der Waals surface area contributed by atoms with Crippen LogP contribution in [0.4, 0.5) is 0 Å². The van der Waals surface area contributed by atoms with Crippen LogP contribution in [0.1, 0.15) is 52.7 Å². The Bertz CT molecular complexity index is 1630. The molecule has 3 heteroatoms. The van der Waals surface area contributed by atoms with Crippen molar-refractivity contribution in [1.82, 2.24) is 9.97 Å². The number of pyridine rings is 2. The van der Waals surface area contributed by atoms with Crippen LogP contribution < -0.4 is 0 Å². The maximum atomic E-state index is 4.97. The smallest absolute Gasteiger partial charge is 0.0804 e. The van der Waals surface area contributed by atoms with Gasteiger partial charge in [-0.3, -0.25) is 9.97 Å². The molecule has 1 aliphatic rings. The van der Waals surface area contributed by atoms with E-state index in [0.717, 1.165) is 24.1 Å². The summed E-state index contributed by atoms with van der Waals surface area (Å²) < 4.78 is 0. The van der Waals surface area contributed by atoms with Gasteiger partial charge >= 0.3 is 0 Å². The van der Waals surface area contributed by atoms with Gasteiger partial charge in [0.2, 0.25) is 0 Å². The molecule has 0 bridgehead atoms. The second-order valence-corrected chi connectivity index (χ2v) is 13.4. The van der Waals surface area contributed by atoms with Crippen LogP contribution in [0, 0.1) is 10.8 Å². The molecule has 0 atom stereocenters. The van der Waals surface area contributed by atoms with Gasteiger partial charge in [0.1, 0.15) is 0 Å². The second kappa shape index (κ2) is 7.80. The van der Waals surface area contributed by atoms with Crippen LogP contribution in [-0.4, -0.2) is 9.97 Å². The highest BCUT2D eigenvalue weighted by molar-refractivity contribution is 8.00. The summed E-state index contributed by atoms with van der Waals surface area (Å²) in [6, 6.07) is 18.1. The predicted molar refractivity (Wildman–Crippen MR) is 150 cm³/mol. The van der Waals surface area contributed by atoms with Crippen LogP contribution in [-0.2, 0) is 12.8 Å². The van der Waals surface area contributed by atoms with Crippen LogP contribution in [0.15, 0.2) is 70.7 Å². The first-order valence-electron chi connectivity index (χ1n) is 12.5. The molecule has 2 aromatic heterocycles. The number of nitrogens with zero attached hydrogens (tertiary/aromatic N) is 2. The van der Waals surface area contributed by atoms with Gasteiger partial charge in [-0.05, 0) is 75.2 Å².